The molecule has 2 heterocycles. The molecule has 0 aliphatic carbocycles. The molecule has 2 rings (SSSR count). The van der Waals surface area contributed by atoms with Crippen LogP contribution in [0, 0.1) is 6.92 Å². The second-order valence-corrected chi connectivity index (χ2v) is 4.16. The SMILES string of the molecule is COC(=O)c1coc(CNCc2ncccc2C)c1. The third kappa shape index (κ3) is 3.42. The van der Waals surface area contributed by atoms with Crippen molar-refractivity contribution in [2.75, 3.05) is 7.11 Å². The topological polar surface area (TPSA) is 64.4 Å². The number of pyridine rings is 1. The van der Waals surface area contributed by atoms with E-state index < -0.39 is 5.97 Å². The zero-order valence-corrected chi connectivity index (χ0v) is 11.0. The standard InChI is InChI=1S/C14H16N2O3/c1-10-4-3-5-16-13(10)8-15-7-12-6-11(9-19-12)14(17)18-2/h3-6,9,15H,7-8H2,1-2H3. The molecule has 1 N–H and O–H groups in total. The molecule has 0 spiro atoms. The number of carbonyl (C=O) groups is 1. The molecule has 2 aromatic heterocycles. The number of aromatic nitrogens is 1. The highest BCUT2D eigenvalue weighted by atomic mass is 16.5. The predicted octanol–water partition coefficient (Wildman–Crippen LogP) is 2.06. The van der Waals surface area contributed by atoms with Gasteiger partial charge in [-0.1, -0.05) is 6.07 Å². The lowest BCUT2D eigenvalue weighted by Gasteiger charge is -2.04. The van der Waals surface area contributed by atoms with Crippen LogP contribution >= 0.6 is 0 Å². The third-order valence-corrected chi connectivity index (χ3v) is 2.78. The molecular weight excluding hydrogens is 244 g/mol. The summed E-state index contributed by atoms with van der Waals surface area (Å²) >= 11 is 0. The number of aryl methyl sites for hydroxylation is 1. The van der Waals surface area contributed by atoms with Crippen LogP contribution in [0.25, 0.3) is 0 Å². The van der Waals surface area contributed by atoms with E-state index in [0.717, 1.165) is 11.3 Å². The van der Waals surface area contributed by atoms with E-state index in [1.807, 2.05) is 19.1 Å². The normalized spacial score (nSPS) is 10.4. The number of rotatable bonds is 5. The molecule has 0 saturated carbocycles. The second-order valence-electron chi connectivity index (χ2n) is 4.16. The van der Waals surface area contributed by atoms with Gasteiger partial charge in [0, 0.05) is 12.7 Å². The van der Waals surface area contributed by atoms with E-state index >= 15 is 0 Å². The average molecular weight is 260 g/mol. The first-order valence-corrected chi connectivity index (χ1v) is 5.97. The van der Waals surface area contributed by atoms with Gasteiger partial charge >= 0.3 is 5.97 Å². The molecule has 2 aromatic rings. The molecular formula is C14H16N2O3. The minimum Gasteiger partial charge on any atom is -0.467 e. The van der Waals surface area contributed by atoms with Crippen LogP contribution < -0.4 is 5.32 Å². The van der Waals surface area contributed by atoms with Gasteiger partial charge in [-0.25, -0.2) is 4.79 Å². The summed E-state index contributed by atoms with van der Waals surface area (Å²) in [6.07, 6.45) is 3.17. The summed E-state index contributed by atoms with van der Waals surface area (Å²) in [7, 11) is 1.34. The highest BCUT2D eigenvalue weighted by molar-refractivity contribution is 5.88. The molecule has 5 heteroatoms. The van der Waals surface area contributed by atoms with Gasteiger partial charge in [-0.3, -0.25) is 4.98 Å². The van der Waals surface area contributed by atoms with Crippen LogP contribution in [0.1, 0.15) is 27.4 Å². The molecule has 0 amide bonds. The van der Waals surface area contributed by atoms with Crippen molar-refractivity contribution in [2.45, 2.75) is 20.0 Å². The predicted molar refractivity (Wildman–Crippen MR) is 69.6 cm³/mol. The van der Waals surface area contributed by atoms with Crippen LogP contribution in [0.2, 0.25) is 0 Å². The molecule has 19 heavy (non-hydrogen) atoms. The van der Waals surface area contributed by atoms with Crippen LogP contribution in [0.15, 0.2) is 35.1 Å². The molecule has 5 nitrogen and oxygen atoms in total. The first-order chi connectivity index (χ1) is 9.20. The zero-order chi connectivity index (χ0) is 13.7. The number of carbonyl (C=O) groups excluding carboxylic acids is 1. The van der Waals surface area contributed by atoms with Gasteiger partial charge in [0.05, 0.1) is 24.9 Å². The fraction of sp³-hybridized carbons (Fsp3) is 0.286. The first-order valence-electron chi connectivity index (χ1n) is 5.97. The molecule has 0 saturated heterocycles. The summed E-state index contributed by atoms with van der Waals surface area (Å²) in [5.41, 5.74) is 2.57. The number of nitrogens with one attached hydrogen (secondary N) is 1. The fourth-order valence-corrected chi connectivity index (χ4v) is 1.71. The van der Waals surface area contributed by atoms with Gasteiger partial charge in [-0.2, -0.15) is 0 Å². The van der Waals surface area contributed by atoms with Gasteiger partial charge < -0.3 is 14.5 Å². The van der Waals surface area contributed by atoms with Gasteiger partial charge in [0.15, 0.2) is 0 Å². The quantitative estimate of drug-likeness (QED) is 0.834. The van der Waals surface area contributed by atoms with Crippen molar-refractivity contribution in [2.24, 2.45) is 0 Å². The Balaban J connectivity index is 1.88. The van der Waals surface area contributed by atoms with Gasteiger partial charge in [0.2, 0.25) is 0 Å². The third-order valence-electron chi connectivity index (χ3n) is 2.78. The Morgan fingerprint density at radius 3 is 3.05 bits per heavy atom. The molecule has 0 aliphatic heterocycles. The van der Waals surface area contributed by atoms with Crippen LogP contribution in [0.4, 0.5) is 0 Å². The van der Waals surface area contributed by atoms with Crippen LogP contribution in [-0.4, -0.2) is 18.1 Å². The Kier molecular flexibility index (Phi) is 4.30. The van der Waals surface area contributed by atoms with E-state index in [9.17, 15) is 4.79 Å². The van der Waals surface area contributed by atoms with Gasteiger partial charge in [-0.15, -0.1) is 0 Å². The molecule has 0 atom stereocenters. The van der Waals surface area contributed by atoms with Gasteiger partial charge in [-0.05, 0) is 24.6 Å². The molecule has 0 fully saturated rings. The fourth-order valence-electron chi connectivity index (χ4n) is 1.71. The summed E-state index contributed by atoms with van der Waals surface area (Å²) in [4.78, 5) is 15.5. The Morgan fingerprint density at radius 1 is 1.47 bits per heavy atom. The van der Waals surface area contributed by atoms with E-state index in [0.29, 0.717) is 24.4 Å². The number of hydrogen-bond donors (Lipinski definition) is 1. The highest BCUT2D eigenvalue weighted by Crippen LogP contribution is 2.09. The van der Waals surface area contributed by atoms with Gasteiger partial charge in [0.25, 0.3) is 0 Å². The molecule has 0 aromatic carbocycles. The van der Waals surface area contributed by atoms with E-state index in [1.165, 1.54) is 13.4 Å². The number of hydrogen-bond acceptors (Lipinski definition) is 5. The van der Waals surface area contributed by atoms with Crippen molar-refractivity contribution in [1.82, 2.24) is 10.3 Å². The summed E-state index contributed by atoms with van der Waals surface area (Å²) in [5.74, 6) is 0.296. The number of methoxy groups -OCH3 is 1. The van der Waals surface area contributed by atoms with E-state index in [1.54, 1.807) is 12.3 Å². The van der Waals surface area contributed by atoms with Crippen molar-refractivity contribution in [1.29, 1.82) is 0 Å². The lowest BCUT2D eigenvalue weighted by atomic mass is 10.2. The van der Waals surface area contributed by atoms with Crippen molar-refractivity contribution >= 4 is 5.97 Å². The van der Waals surface area contributed by atoms with Crippen LogP contribution in [-0.2, 0) is 17.8 Å². The first kappa shape index (κ1) is 13.3. The molecule has 0 radical (unpaired) electrons. The largest absolute Gasteiger partial charge is 0.467 e. The maximum absolute atomic E-state index is 11.3. The number of esters is 1. The summed E-state index contributed by atoms with van der Waals surface area (Å²) < 4.78 is 9.88. The van der Waals surface area contributed by atoms with E-state index in [2.05, 4.69) is 15.0 Å². The highest BCUT2D eigenvalue weighted by Gasteiger charge is 2.09. The number of ether oxygens (including phenoxy) is 1. The van der Waals surface area contributed by atoms with Gasteiger partial charge in [0.1, 0.15) is 12.0 Å². The summed E-state index contributed by atoms with van der Waals surface area (Å²) in [6, 6.07) is 5.60. The zero-order valence-electron chi connectivity index (χ0n) is 11.0. The smallest absolute Gasteiger partial charge is 0.341 e. The Hall–Kier alpha value is -2.14. The monoisotopic (exact) mass is 260 g/mol. The molecule has 0 aliphatic rings. The Labute approximate surface area is 111 Å². The lowest BCUT2D eigenvalue weighted by Crippen LogP contribution is -2.14. The van der Waals surface area contributed by atoms with Crippen molar-refractivity contribution in [3.63, 3.8) is 0 Å². The van der Waals surface area contributed by atoms with Crippen LogP contribution in [0.5, 0.6) is 0 Å². The van der Waals surface area contributed by atoms with Crippen LogP contribution in [0.3, 0.4) is 0 Å². The maximum atomic E-state index is 11.3. The molecule has 0 unspecified atom stereocenters. The summed E-state index contributed by atoms with van der Waals surface area (Å²) in [6.45, 7) is 3.21. The average Bonchev–Trinajstić information content (AvgIpc) is 2.89. The maximum Gasteiger partial charge on any atom is 0.341 e. The minimum absolute atomic E-state index is 0.393. The van der Waals surface area contributed by atoms with Crippen molar-refractivity contribution < 1.29 is 13.9 Å². The Bertz CT molecular complexity index is 563. The molecule has 0 bridgehead atoms. The van der Waals surface area contributed by atoms with E-state index in [-0.39, 0.29) is 0 Å². The van der Waals surface area contributed by atoms with Crippen molar-refractivity contribution in [3.05, 3.63) is 53.2 Å². The molecule has 100 valence electrons. The summed E-state index contributed by atoms with van der Waals surface area (Å²) in [5, 5.41) is 3.22. The van der Waals surface area contributed by atoms with E-state index in [4.69, 9.17) is 4.42 Å². The number of nitrogens with zero attached hydrogens (tertiary/aromatic N) is 1. The Morgan fingerprint density at radius 2 is 2.32 bits per heavy atom. The van der Waals surface area contributed by atoms with Crippen molar-refractivity contribution in [3.8, 4) is 0 Å². The minimum atomic E-state index is -0.393. The second kappa shape index (κ2) is 6.15. The number of furan rings is 1. The lowest BCUT2D eigenvalue weighted by molar-refractivity contribution is 0.0600.